The van der Waals surface area contributed by atoms with Crippen molar-refractivity contribution in [2.24, 2.45) is 0 Å². The van der Waals surface area contributed by atoms with Crippen LogP contribution in [0.15, 0.2) is 0 Å². The third-order valence-electron chi connectivity index (χ3n) is 3.28. The maximum absolute atomic E-state index is 5.99. The lowest BCUT2D eigenvalue weighted by molar-refractivity contribution is 0.773. The van der Waals surface area contributed by atoms with Gasteiger partial charge in [0, 0.05) is 24.6 Å². The number of hydrogen-bond donors (Lipinski definition) is 1. The smallest absolute Gasteiger partial charge is 0.137 e. The van der Waals surface area contributed by atoms with E-state index in [4.69, 9.17) is 10.7 Å². The van der Waals surface area contributed by atoms with Gasteiger partial charge in [0.2, 0.25) is 0 Å². The van der Waals surface area contributed by atoms with E-state index in [1.54, 1.807) is 0 Å². The predicted molar refractivity (Wildman–Crippen MR) is 71.2 cm³/mol. The summed E-state index contributed by atoms with van der Waals surface area (Å²) in [6, 6.07) is 0.669. The highest BCUT2D eigenvalue weighted by molar-refractivity contribution is 5.57. The highest BCUT2D eigenvalue weighted by atomic mass is 15.2. The predicted octanol–water partition coefficient (Wildman–Crippen LogP) is 2.31. The number of nitrogen functional groups attached to an aromatic ring is 1. The zero-order valence-electron chi connectivity index (χ0n) is 11.0. The summed E-state index contributed by atoms with van der Waals surface area (Å²) in [5.41, 5.74) is 7.01. The molecule has 1 saturated carbocycles. The number of rotatable bonds is 5. The minimum atomic E-state index is 0.637. The van der Waals surface area contributed by atoms with E-state index in [1.165, 1.54) is 12.8 Å². The van der Waals surface area contributed by atoms with Crippen LogP contribution in [0.4, 0.5) is 11.6 Å². The average Bonchev–Trinajstić information content (AvgIpc) is 3.10. The molecule has 0 saturated heterocycles. The summed E-state index contributed by atoms with van der Waals surface area (Å²) in [5.74, 6) is 2.56. The van der Waals surface area contributed by atoms with Crippen molar-refractivity contribution in [3.8, 4) is 0 Å². The van der Waals surface area contributed by atoms with E-state index < -0.39 is 0 Å². The Bertz CT molecular complexity index is 399. The number of aromatic nitrogens is 2. The van der Waals surface area contributed by atoms with Crippen LogP contribution in [0.5, 0.6) is 0 Å². The van der Waals surface area contributed by atoms with Crippen LogP contribution in [0.2, 0.25) is 0 Å². The van der Waals surface area contributed by atoms with Crippen molar-refractivity contribution < 1.29 is 0 Å². The van der Waals surface area contributed by atoms with Gasteiger partial charge in [0.25, 0.3) is 0 Å². The maximum atomic E-state index is 5.99. The number of nitrogens with two attached hydrogens (primary N) is 1. The lowest BCUT2D eigenvalue weighted by Gasteiger charge is -2.24. The Morgan fingerprint density at radius 3 is 2.53 bits per heavy atom. The van der Waals surface area contributed by atoms with Crippen molar-refractivity contribution >= 4 is 11.6 Å². The summed E-state index contributed by atoms with van der Waals surface area (Å²) in [4.78, 5) is 11.4. The maximum Gasteiger partial charge on any atom is 0.137 e. The van der Waals surface area contributed by atoms with Gasteiger partial charge in [-0.25, -0.2) is 9.97 Å². The van der Waals surface area contributed by atoms with Crippen molar-refractivity contribution in [1.82, 2.24) is 9.97 Å². The molecule has 1 aromatic rings. The fraction of sp³-hybridized carbons (Fsp3) is 0.692. The second-order valence-corrected chi connectivity index (χ2v) is 4.74. The van der Waals surface area contributed by atoms with Gasteiger partial charge < -0.3 is 10.6 Å². The molecule has 0 amide bonds. The van der Waals surface area contributed by atoms with E-state index >= 15 is 0 Å². The summed E-state index contributed by atoms with van der Waals surface area (Å²) in [5, 5.41) is 0. The second-order valence-electron chi connectivity index (χ2n) is 4.74. The molecule has 0 atom stereocenters. The molecule has 4 heteroatoms. The molecule has 0 aromatic carbocycles. The third-order valence-corrected chi connectivity index (χ3v) is 3.28. The lowest BCUT2D eigenvalue weighted by Crippen LogP contribution is -2.28. The van der Waals surface area contributed by atoms with E-state index in [1.807, 2.05) is 6.92 Å². The van der Waals surface area contributed by atoms with Crippen molar-refractivity contribution in [3.63, 3.8) is 0 Å². The standard InChI is InChI=1S/C13H22N4/c1-4-6-11-15-12(14)9(3)13(16-11)17(5-2)10-7-8-10/h10H,4-8H2,1-3H3,(H2,14,15,16). The fourth-order valence-electron chi connectivity index (χ4n) is 2.15. The first-order chi connectivity index (χ1) is 8.17. The van der Waals surface area contributed by atoms with E-state index in [0.717, 1.165) is 36.6 Å². The normalized spacial score (nSPS) is 15.0. The average molecular weight is 234 g/mol. The summed E-state index contributed by atoms with van der Waals surface area (Å²) in [6.07, 6.45) is 4.51. The Balaban J connectivity index is 2.35. The molecular weight excluding hydrogens is 212 g/mol. The van der Waals surface area contributed by atoms with Crippen LogP contribution < -0.4 is 10.6 Å². The first-order valence-electron chi connectivity index (χ1n) is 6.57. The van der Waals surface area contributed by atoms with Crippen LogP contribution in [0.1, 0.15) is 44.5 Å². The Hall–Kier alpha value is -1.32. The molecule has 1 fully saturated rings. The summed E-state index contributed by atoms with van der Waals surface area (Å²) < 4.78 is 0. The fourth-order valence-corrected chi connectivity index (χ4v) is 2.15. The van der Waals surface area contributed by atoms with Gasteiger partial charge in [-0.05, 0) is 33.1 Å². The van der Waals surface area contributed by atoms with E-state index in [9.17, 15) is 0 Å². The molecule has 0 spiro atoms. The van der Waals surface area contributed by atoms with Gasteiger partial charge in [0.15, 0.2) is 0 Å². The molecule has 0 aliphatic heterocycles. The van der Waals surface area contributed by atoms with Gasteiger partial charge in [-0.15, -0.1) is 0 Å². The van der Waals surface area contributed by atoms with Crippen LogP contribution in [0.3, 0.4) is 0 Å². The van der Waals surface area contributed by atoms with Crippen molar-refractivity contribution in [3.05, 3.63) is 11.4 Å². The summed E-state index contributed by atoms with van der Waals surface area (Å²) in [6.45, 7) is 7.33. The van der Waals surface area contributed by atoms with Gasteiger partial charge in [-0.1, -0.05) is 6.92 Å². The van der Waals surface area contributed by atoms with Crippen molar-refractivity contribution in [2.75, 3.05) is 17.2 Å². The Morgan fingerprint density at radius 2 is 2.00 bits per heavy atom. The molecule has 17 heavy (non-hydrogen) atoms. The molecule has 1 aliphatic carbocycles. The zero-order valence-corrected chi connectivity index (χ0v) is 11.0. The molecule has 1 heterocycles. The quantitative estimate of drug-likeness (QED) is 0.849. The van der Waals surface area contributed by atoms with E-state index in [0.29, 0.717) is 11.9 Å². The highest BCUT2D eigenvalue weighted by Crippen LogP contribution is 2.33. The van der Waals surface area contributed by atoms with Crippen molar-refractivity contribution in [2.45, 2.75) is 52.5 Å². The van der Waals surface area contributed by atoms with E-state index in [2.05, 4.69) is 23.7 Å². The van der Waals surface area contributed by atoms with Crippen LogP contribution in [-0.2, 0) is 6.42 Å². The molecule has 94 valence electrons. The zero-order chi connectivity index (χ0) is 12.4. The molecular formula is C13H22N4. The monoisotopic (exact) mass is 234 g/mol. The van der Waals surface area contributed by atoms with E-state index in [-0.39, 0.29) is 0 Å². The van der Waals surface area contributed by atoms with Gasteiger partial charge >= 0.3 is 0 Å². The largest absolute Gasteiger partial charge is 0.383 e. The lowest BCUT2D eigenvalue weighted by atomic mass is 10.2. The first-order valence-corrected chi connectivity index (χ1v) is 6.57. The van der Waals surface area contributed by atoms with Crippen molar-refractivity contribution in [1.29, 1.82) is 0 Å². The van der Waals surface area contributed by atoms with Gasteiger partial charge in [0.05, 0.1) is 0 Å². The SMILES string of the molecule is CCCc1nc(N)c(C)c(N(CC)C2CC2)n1. The minimum Gasteiger partial charge on any atom is -0.383 e. The van der Waals surface area contributed by atoms with Crippen LogP contribution in [0, 0.1) is 6.92 Å². The molecule has 4 nitrogen and oxygen atoms in total. The summed E-state index contributed by atoms with van der Waals surface area (Å²) in [7, 11) is 0. The molecule has 0 unspecified atom stereocenters. The molecule has 1 aliphatic rings. The Morgan fingerprint density at radius 1 is 1.29 bits per heavy atom. The summed E-state index contributed by atoms with van der Waals surface area (Å²) >= 11 is 0. The Labute approximate surface area is 103 Å². The third kappa shape index (κ3) is 2.51. The Kier molecular flexibility index (Phi) is 3.50. The number of hydrogen-bond acceptors (Lipinski definition) is 4. The molecule has 0 radical (unpaired) electrons. The number of nitrogens with zero attached hydrogens (tertiary/aromatic N) is 3. The highest BCUT2D eigenvalue weighted by Gasteiger charge is 2.30. The van der Waals surface area contributed by atoms with Crippen LogP contribution >= 0.6 is 0 Å². The molecule has 2 N–H and O–H groups in total. The number of anilines is 2. The first kappa shape index (κ1) is 12.1. The number of aryl methyl sites for hydroxylation is 1. The molecule has 2 rings (SSSR count). The van der Waals surface area contributed by atoms with Crippen LogP contribution in [-0.4, -0.2) is 22.6 Å². The van der Waals surface area contributed by atoms with Gasteiger partial charge in [0.1, 0.15) is 17.5 Å². The second kappa shape index (κ2) is 4.90. The van der Waals surface area contributed by atoms with Crippen LogP contribution in [0.25, 0.3) is 0 Å². The minimum absolute atomic E-state index is 0.637. The van der Waals surface area contributed by atoms with Gasteiger partial charge in [-0.3, -0.25) is 0 Å². The molecule has 0 bridgehead atoms. The molecule has 1 aromatic heterocycles. The van der Waals surface area contributed by atoms with Gasteiger partial charge in [-0.2, -0.15) is 0 Å². The topological polar surface area (TPSA) is 55.0 Å².